The van der Waals surface area contributed by atoms with Crippen LogP contribution in [0.1, 0.15) is 28.8 Å². The quantitative estimate of drug-likeness (QED) is 0.329. The fourth-order valence-electron chi connectivity index (χ4n) is 2.14. The Morgan fingerprint density at radius 2 is 1.54 bits per heavy atom. The van der Waals surface area contributed by atoms with Crippen molar-refractivity contribution in [2.24, 2.45) is 0 Å². The van der Waals surface area contributed by atoms with Gasteiger partial charge in [0, 0.05) is 0 Å². The van der Waals surface area contributed by atoms with Crippen molar-refractivity contribution < 1.29 is 18.9 Å². The van der Waals surface area contributed by atoms with Gasteiger partial charge in [0.15, 0.2) is 5.78 Å². The van der Waals surface area contributed by atoms with Gasteiger partial charge >= 0.3 is 5.97 Å². The fourth-order valence-corrected chi connectivity index (χ4v) is 2.73. The van der Waals surface area contributed by atoms with Crippen molar-refractivity contribution in [2.45, 2.75) is 12.8 Å². The first-order valence-corrected chi connectivity index (χ1v) is 8.38. The normalized spacial score (nSPS) is 11.1. The molecule has 0 radical (unpaired) electrons. The third-order valence-electron chi connectivity index (χ3n) is 3.13. The molecule has 128 valence electrons. The van der Waals surface area contributed by atoms with Crippen molar-refractivity contribution in [1.82, 2.24) is 0 Å². The zero-order chi connectivity index (χ0) is 18.1. The monoisotopic (exact) mass is 386 g/mol. The van der Waals surface area contributed by atoms with Crippen molar-refractivity contribution in [3.05, 3.63) is 69.7 Å². The van der Waals surface area contributed by atoms with Gasteiger partial charge in [0.05, 0.1) is 31.3 Å². The van der Waals surface area contributed by atoms with E-state index in [2.05, 4.69) is 0 Å². The summed E-state index contributed by atoms with van der Waals surface area (Å²) in [7, 11) is 0.611. The van der Waals surface area contributed by atoms with Crippen LogP contribution in [0.3, 0.4) is 0 Å². The second-order valence-electron chi connectivity index (χ2n) is 4.56. The van der Waals surface area contributed by atoms with E-state index in [1.54, 1.807) is 55.5 Å². The van der Waals surface area contributed by atoms with Crippen molar-refractivity contribution >= 4 is 44.1 Å². The van der Waals surface area contributed by atoms with E-state index < -0.39 is 17.7 Å². The Balaban J connectivity index is 0.00000139. The van der Waals surface area contributed by atoms with E-state index in [1.165, 1.54) is 0 Å². The predicted octanol–water partition coefficient (Wildman–Crippen LogP) is 4.46. The Labute approximate surface area is 152 Å². The van der Waals surface area contributed by atoms with E-state index in [0.717, 1.165) is 0 Å². The minimum Gasteiger partial charge on any atom is -0.465 e. The Morgan fingerprint density at radius 1 is 1.00 bits per heavy atom. The summed E-state index contributed by atoms with van der Waals surface area (Å²) in [6.45, 7) is 1.87. The second kappa shape index (κ2) is 10.3. The number of ether oxygens (including phenoxy) is 1. The van der Waals surface area contributed by atoms with E-state index in [9.17, 15) is 9.59 Å². The summed E-state index contributed by atoms with van der Waals surface area (Å²) in [6.07, 6.45) is 0. The van der Waals surface area contributed by atoms with Crippen molar-refractivity contribution in [1.29, 1.82) is 0 Å². The molecule has 24 heavy (non-hydrogen) atoms. The summed E-state index contributed by atoms with van der Waals surface area (Å²) in [5.41, 5.74) is 0.676. The number of hydrogen-bond acceptors (Lipinski definition) is 4. The molecule has 0 aliphatic heterocycles. The van der Waals surface area contributed by atoms with Crippen molar-refractivity contribution in [3.8, 4) is 0 Å². The van der Waals surface area contributed by atoms with Crippen LogP contribution in [0.4, 0.5) is 0 Å². The van der Waals surface area contributed by atoms with E-state index in [1.807, 2.05) is 0 Å². The van der Waals surface area contributed by atoms with Gasteiger partial charge < -0.3 is 9.30 Å². The topological polar surface area (TPSA) is 60.4 Å². The zero-order valence-electron chi connectivity index (χ0n) is 13.0. The molecule has 0 aliphatic carbocycles. The van der Waals surface area contributed by atoms with Gasteiger partial charge in [-0.2, -0.15) is 0 Å². The maximum absolute atomic E-state index is 12.8. The van der Waals surface area contributed by atoms with Crippen LogP contribution in [0, 0.1) is 0 Å². The number of halogens is 2. The Hall–Kier alpha value is -1.61. The SMILES string of the molecule is CCOC(=O)C(C(=O)c1c(Cl)cccc1Cl)c1ccccc1.O=[PH3]. The average Bonchev–Trinajstić information content (AvgIpc) is 2.58. The van der Waals surface area contributed by atoms with Gasteiger partial charge in [-0.1, -0.05) is 59.6 Å². The highest BCUT2D eigenvalue weighted by Crippen LogP contribution is 2.31. The minimum atomic E-state index is -1.08. The smallest absolute Gasteiger partial charge is 0.321 e. The van der Waals surface area contributed by atoms with Crippen LogP contribution < -0.4 is 0 Å². The van der Waals surface area contributed by atoms with E-state index in [0.29, 0.717) is 14.7 Å². The van der Waals surface area contributed by atoms with E-state index >= 15 is 0 Å². The third-order valence-corrected chi connectivity index (χ3v) is 3.76. The van der Waals surface area contributed by atoms with Crippen LogP contribution >= 0.6 is 32.3 Å². The Kier molecular flexibility index (Phi) is 8.77. The molecule has 0 bridgehead atoms. The zero-order valence-corrected chi connectivity index (χ0v) is 15.9. The molecular weight excluding hydrogens is 370 g/mol. The molecular formula is C17H17Cl2O4P. The number of esters is 1. The van der Waals surface area contributed by atoms with Crippen LogP contribution in [0.15, 0.2) is 48.5 Å². The summed E-state index contributed by atoms with van der Waals surface area (Å²) in [4.78, 5) is 25.1. The summed E-state index contributed by atoms with van der Waals surface area (Å²) in [5, 5.41) is 0.422. The molecule has 7 heteroatoms. The highest BCUT2D eigenvalue weighted by atomic mass is 35.5. The first kappa shape index (κ1) is 20.4. The summed E-state index contributed by atoms with van der Waals surface area (Å²) >= 11 is 12.2. The molecule has 2 unspecified atom stereocenters. The van der Waals surface area contributed by atoms with Crippen LogP contribution in [-0.4, -0.2) is 18.4 Å². The highest BCUT2D eigenvalue weighted by molar-refractivity contribution is 7.00. The molecule has 0 saturated heterocycles. The summed E-state index contributed by atoms with van der Waals surface area (Å²) in [6, 6.07) is 13.5. The summed E-state index contributed by atoms with van der Waals surface area (Å²) in [5.74, 6) is -2.17. The number of hydrogen-bond donors (Lipinski definition) is 0. The number of rotatable bonds is 5. The van der Waals surface area contributed by atoms with Crippen LogP contribution in [0.5, 0.6) is 0 Å². The molecule has 2 aromatic carbocycles. The number of benzene rings is 2. The molecule has 0 fully saturated rings. The fraction of sp³-hybridized carbons (Fsp3) is 0.176. The van der Waals surface area contributed by atoms with Gasteiger partial charge in [-0.15, -0.1) is 0 Å². The minimum absolute atomic E-state index is 0.132. The highest BCUT2D eigenvalue weighted by Gasteiger charge is 2.32. The largest absolute Gasteiger partial charge is 0.465 e. The number of carbonyl (C=O) groups is 2. The van der Waals surface area contributed by atoms with Gasteiger partial charge in [0.1, 0.15) is 5.92 Å². The molecule has 2 rings (SSSR count). The van der Waals surface area contributed by atoms with Crippen molar-refractivity contribution in [3.63, 3.8) is 0 Å². The molecule has 0 spiro atoms. The molecule has 0 heterocycles. The third kappa shape index (κ3) is 4.94. The molecule has 4 nitrogen and oxygen atoms in total. The lowest BCUT2D eigenvalue weighted by Crippen LogP contribution is -2.25. The second-order valence-corrected chi connectivity index (χ2v) is 5.37. The van der Waals surface area contributed by atoms with Crippen LogP contribution in [0.2, 0.25) is 10.0 Å². The number of carbonyl (C=O) groups excluding carboxylic acids is 2. The molecule has 0 aromatic heterocycles. The lowest BCUT2D eigenvalue weighted by Gasteiger charge is -2.16. The average molecular weight is 387 g/mol. The van der Waals surface area contributed by atoms with E-state index in [4.69, 9.17) is 32.5 Å². The van der Waals surface area contributed by atoms with Gasteiger partial charge in [-0.25, -0.2) is 0 Å². The lowest BCUT2D eigenvalue weighted by molar-refractivity contribution is -0.143. The molecule has 2 aromatic rings. The Bertz CT molecular complexity index is 687. The molecule has 0 aliphatic rings. The first-order valence-electron chi connectivity index (χ1n) is 7.05. The molecule has 0 N–H and O–H groups in total. The molecule has 2 atom stereocenters. The molecule has 0 saturated carbocycles. The maximum Gasteiger partial charge on any atom is 0.321 e. The van der Waals surface area contributed by atoms with Crippen molar-refractivity contribution in [2.75, 3.05) is 6.61 Å². The Morgan fingerprint density at radius 3 is 2.04 bits per heavy atom. The summed E-state index contributed by atoms with van der Waals surface area (Å²) < 4.78 is 13.3. The lowest BCUT2D eigenvalue weighted by atomic mass is 9.90. The van der Waals surface area contributed by atoms with Gasteiger partial charge in [-0.05, 0) is 24.6 Å². The van der Waals surface area contributed by atoms with Crippen LogP contribution in [0.25, 0.3) is 0 Å². The van der Waals surface area contributed by atoms with Gasteiger partial charge in [0.25, 0.3) is 0 Å². The van der Waals surface area contributed by atoms with Crippen LogP contribution in [-0.2, 0) is 14.1 Å². The van der Waals surface area contributed by atoms with Gasteiger partial charge in [0.2, 0.25) is 0 Å². The maximum atomic E-state index is 12.8. The first-order chi connectivity index (χ1) is 11.6. The molecule has 0 amide bonds. The standard InChI is InChI=1S/C17H14Cl2O3.H3OP/c1-2-22-17(21)14(11-7-4-3-5-8-11)16(20)15-12(18)9-6-10-13(15)19;1-2/h3-10,14H,2H2,1H3;2H3. The number of ketones is 1. The van der Waals surface area contributed by atoms with Gasteiger partial charge in [-0.3, -0.25) is 9.59 Å². The van der Waals surface area contributed by atoms with E-state index in [-0.39, 0.29) is 22.2 Å². The predicted molar refractivity (Wildman–Crippen MR) is 98.4 cm³/mol. The number of Topliss-reactive ketones (excluding diaryl/α,β-unsaturated/α-hetero) is 1.